The third kappa shape index (κ3) is 3.95. The smallest absolute Gasteiger partial charge is 0.142 e. The van der Waals surface area contributed by atoms with Gasteiger partial charge < -0.3 is 5.11 Å². The van der Waals surface area contributed by atoms with Gasteiger partial charge in [0.05, 0.1) is 10.6 Å². The van der Waals surface area contributed by atoms with E-state index < -0.39 is 11.4 Å². The Labute approximate surface area is 101 Å². The number of rotatable bonds is 5. The van der Waals surface area contributed by atoms with Crippen LogP contribution in [0.3, 0.4) is 0 Å². The fourth-order valence-electron chi connectivity index (χ4n) is 1.59. The molecular weight excluding hydrogens is 227 g/mol. The van der Waals surface area contributed by atoms with Crippen LogP contribution in [0.1, 0.15) is 25.3 Å². The summed E-state index contributed by atoms with van der Waals surface area (Å²) in [6.45, 7) is 5.35. The maximum Gasteiger partial charge on any atom is 0.142 e. The topological polar surface area (TPSA) is 20.2 Å². The number of hydrogen-bond donors (Lipinski definition) is 1. The van der Waals surface area contributed by atoms with Crippen molar-refractivity contribution in [1.29, 1.82) is 0 Å². The van der Waals surface area contributed by atoms with Crippen molar-refractivity contribution in [3.63, 3.8) is 0 Å². The van der Waals surface area contributed by atoms with Crippen molar-refractivity contribution < 1.29 is 9.50 Å². The van der Waals surface area contributed by atoms with Crippen LogP contribution >= 0.6 is 11.6 Å². The Morgan fingerprint density at radius 3 is 2.81 bits per heavy atom. The van der Waals surface area contributed by atoms with Crippen LogP contribution in [0.4, 0.5) is 4.39 Å². The molecule has 3 heteroatoms. The second kappa shape index (κ2) is 5.46. The lowest BCUT2D eigenvalue weighted by Gasteiger charge is -2.22. The van der Waals surface area contributed by atoms with Crippen molar-refractivity contribution in [3.8, 4) is 0 Å². The fraction of sp³-hybridized carbons (Fsp3) is 0.385. The number of allylic oxidation sites excluding steroid dienone is 1. The molecular formula is C13H16ClFO. The number of hydrogen-bond acceptors (Lipinski definition) is 1. The molecule has 1 atom stereocenters. The van der Waals surface area contributed by atoms with E-state index in [9.17, 15) is 9.50 Å². The van der Waals surface area contributed by atoms with Crippen molar-refractivity contribution in [2.45, 2.75) is 31.8 Å². The summed E-state index contributed by atoms with van der Waals surface area (Å²) < 4.78 is 13.2. The fourth-order valence-corrected chi connectivity index (χ4v) is 1.71. The lowest BCUT2D eigenvalue weighted by Crippen LogP contribution is -2.26. The minimum Gasteiger partial charge on any atom is -0.390 e. The van der Waals surface area contributed by atoms with Gasteiger partial charge in [-0.2, -0.15) is 0 Å². The molecule has 0 aliphatic heterocycles. The Bertz CT molecular complexity index is 374. The monoisotopic (exact) mass is 242 g/mol. The third-order valence-electron chi connectivity index (χ3n) is 2.46. The van der Waals surface area contributed by atoms with Gasteiger partial charge in [-0.25, -0.2) is 4.39 Å². The summed E-state index contributed by atoms with van der Waals surface area (Å²) >= 11 is 5.58. The number of halogens is 2. The van der Waals surface area contributed by atoms with Crippen LogP contribution in [-0.4, -0.2) is 10.7 Å². The highest BCUT2D eigenvalue weighted by atomic mass is 35.5. The van der Waals surface area contributed by atoms with Crippen LogP contribution in [0.25, 0.3) is 0 Å². The van der Waals surface area contributed by atoms with Crippen molar-refractivity contribution >= 4 is 11.6 Å². The molecule has 0 radical (unpaired) electrons. The molecule has 1 N–H and O–H groups in total. The molecule has 0 fully saturated rings. The zero-order chi connectivity index (χ0) is 12.2. The highest BCUT2D eigenvalue weighted by molar-refractivity contribution is 6.30. The maximum atomic E-state index is 13.2. The van der Waals surface area contributed by atoms with E-state index in [1.165, 1.54) is 12.1 Å². The van der Waals surface area contributed by atoms with E-state index in [-0.39, 0.29) is 5.02 Å². The molecule has 0 aliphatic rings. The summed E-state index contributed by atoms with van der Waals surface area (Å²) in [7, 11) is 0. The molecule has 16 heavy (non-hydrogen) atoms. The quantitative estimate of drug-likeness (QED) is 0.780. The van der Waals surface area contributed by atoms with E-state index in [4.69, 9.17) is 11.6 Å². The van der Waals surface area contributed by atoms with Gasteiger partial charge in [0.1, 0.15) is 5.82 Å². The molecule has 1 aromatic carbocycles. The lowest BCUT2D eigenvalue weighted by molar-refractivity contribution is 0.0523. The van der Waals surface area contributed by atoms with Gasteiger partial charge in [0.25, 0.3) is 0 Å². The van der Waals surface area contributed by atoms with Crippen molar-refractivity contribution in [2.24, 2.45) is 0 Å². The van der Waals surface area contributed by atoms with E-state index in [2.05, 4.69) is 6.58 Å². The first-order valence-corrected chi connectivity index (χ1v) is 5.59. The summed E-state index contributed by atoms with van der Waals surface area (Å²) in [5.74, 6) is -0.446. The maximum absolute atomic E-state index is 13.2. The molecule has 0 bridgehead atoms. The molecule has 1 nitrogen and oxygen atoms in total. The largest absolute Gasteiger partial charge is 0.390 e. The second-order valence-electron chi connectivity index (χ2n) is 4.25. The first kappa shape index (κ1) is 13.2. The lowest BCUT2D eigenvalue weighted by atomic mass is 9.92. The summed E-state index contributed by atoms with van der Waals surface area (Å²) in [4.78, 5) is 0. The zero-order valence-electron chi connectivity index (χ0n) is 9.34. The van der Waals surface area contributed by atoms with Gasteiger partial charge in [-0.15, -0.1) is 6.58 Å². The van der Waals surface area contributed by atoms with Crippen LogP contribution < -0.4 is 0 Å². The number of benzene rings is 1. The molecule has 0 aromatic heterocycles. The van der Waals surface area contributed by atoms with Gasteiger partial charge >= 0.3 is 0 Å². The van der Waals surface area contributed by atoms with Crippen LogP contribution in [0, 0.1) is 5.82 Å². The molecule has 0 heterocycles. The number of aliphatic hydroxyl groups is 1. The van der Waals surface area contributed by atoms with Gasteiger partial charge in [0.15, 0.2) is 0 Å². The van der Waals surface area contributed by atoms with E-state index in [1.807, 2.05) is 0 Å². The molecule has 1 unspecified atom stereocenters. The van der Waals surface area contributed by atoms with Gasteiger partial charge in [0.2, 0.25) is 0 Å². The van der Waals surface area contributed by atoms with Crippen molar-refractivity contribution in [3.05, 3.63) is 47.3 Å². The Hall–Kier alpha value is -0.860. The Kier molecular flexibility index (Phi) is 4.51. The summed E-state index contributed by atoms with van der Waals surface area (Å²) in [6.07, 6.45) is 3.52. The Balaban J connectivity index is 2.71. The van der Waals surface area contributed by atoms with Crippen molar-refractivity contribution in [2.75, 3.05) is 0 Å². The molecule has 0 aliphatic carbocycles. The first-order chi connectivity index (χ1) is 7.44. The molecule has 0 saturated carbocycles. The normalized spacial score (nSPS) is 14.5. The van der Waals surface area contributed by atoms with E-state index in [1.54, 1.807) is 19.1 Å². The van der Waals surface area contributed by atoms with Gasteiger partial charge in [0, 0.05) is 6.42 Å². The third-order valence-corrected chi connectivity index (χ3v) is 2.76. The minimum atomic E-state index is -0.839. The van der Waals surface area contributed by atoms with Crippen molar-refractivity contribution in [1.82, 2.24) is 0 Å². The average molecular weight is 243 g/mol. The Morgan fingerprint density at radius 1 is 1.56 bits per heavy atom. The van der Waals surface area contributed by atoms with Gasteiger partial charge in [-0.3, -0.25) is 0 Å². The van der Waals surface area contributed by atoms with E-state index in [0.29, 0.717) is 12.8 Å². The first-order valence-electron chi connectivity index (χ1n) is 5.22. The van der Waals surface area contributed by atoms with Crippen LogP contribution in [-0.2, 0) is 6.42 Å². The van der Waals surface area contributed by atoms with Gasteiger partial charge in [-0.1, -0.05) is 23.7 Å². The van der Waals surface area contributed by atoms with E-state index >= 15 is 0 Å². The molecule has 88 valence electrons. The van der Waals surface area contributed by atoms with Crippen LogP contribution in [0.5, 0.6) is 0 Å². The highest BCUT2D eigenvalue weighted by Crippen LogP contribution is 2.22. The average Bonchev–Trinajstić information content (AvgIpc) is 2.20. The molecule has 0 spiro atoms. The minimum absolute atomic E-state index is 0.106. The summed E-state index contributed by atoms with van der Waals surface area (Å²) in [6, 6.07) is 4.61. The predicted octanol–water partition coefficient (Wildman–Crippen LogP) is 3.74. The van der Waals surface area contributed by atoms with Crippen LogP contribution in [0.15, 0.2) is 30.9 Å². The predicted molar refractivity (Wildman–Crippen MR) is 65.2 cm³/mol. The SMILES string of the molecule is C=CCCC(C)(O)Cc1ccc(Cl)c(F)c1. The summed E-state index contributed by atoms with van der Waals surface area (Å²) in [5.41, 5.74) is -0.0926. The molecule has 0 saturated heterocycles. The van der Waals surface area contributed by atoms with Crippen LogP contribution in [0.2, 0.25) is 5.02 Å². The molecule has 1 rings (SSSR count). The zero-order valence-corrected chi connectivity index (χ0v) is 10.1. The van der Waals surface area contributed by atoms with Gasteiger partial charge in [-0.05, 0) is 37.5 Å². The standard InChI is InChI=1S/C13H16ClFO/c1-3-4-7-13(2,16)9-10-5-6-11(14)12(15)8-10/h3,5-6,8,16H,1,4,7,9H2,2H3. The Morgan fingerprint density at radius 2 is 2.25 bits per heavy atom. The van der Waals surface area contributed by atoms with E-state index in [0.717, 1.165) is 12.0 Å². The summed E-state index contributed by atoms with van der Waals surface area (Å²) in [5, 5.41) is 10.2. The highest BCUT2D eigenvalue weighted by Gasteiger charge is 2.20. The molecule has 1 aromatic rings. The second-order valence-corrected chi connectivity index (χ2v) is 4.66. The molecule has 0 amide bonds.